The van der Waals surface area contributed by atoms with E-state index in [2.05, 4.69) is 31.2 Å². The molecule has 1 aromatic rings. The zero-order valence-corrected chi connectivity index (χ0v) is 6.30. The number of rotatable bonds is 0. The Kier molecular flexibility index (Phi) is 2.33. The normalized spacial score (nSPS) is 15.7. The van der Waals surface area contributed by atoms with Crippen LogP contribution >= 0.6 is 0 Å². The molecule has 1 aromatic carbocycles. The summed E-state index contributed by atoms with van der Waals surface area (Å²) < 4.78 is 0. The summed E-state index contributed by atoms with van der Waals surface area (Å²) in [5.74, 6) is 0.873. The summed E-state index contributed by atoms with van der Waals surface area (Å²) in [4.78, 5) is 0. The number of benzene rings is 1. The lowest BCUT2D eigenvalue weighted by atomic mass is 10.1. The minimum absolute atomic E-state index is 0. The van der Waals surface area contributed by atoms with E-state index in [0.29, 0.717) is 0 Å². The molecule has 0 N–H and O–H groups in total. The molecule has 0 aromatic heterocycles. The molecule has 0 saturated carbocycles. The smallest absolute Gasteiger partial charge is 0.0247 e. The van der Waals surface area contributed by atoms with Gasteiger partial charge in [-0.05, 0) is 29.9 Å². The Morgan fingerprint density at radius 2 is 1.55 bits per heavy atom. The van der Waals surface area contributed by atoms with Crippen LogP contribution in [0.25, 0.3) is 0 Å². The highest BCUT2D eigenvalue weighted by Crippen LogP contribution is 2.25. The highest BCUT2D eigenvalue weighted by molar-refractivity contribution is 5.31. The van der Waals surface area contributed by atoms with Gasteiger partial charge < -0.3 is 0 Å². The van der Waals surface area contributed by atoms with E-state index in [0.717, 1.165) is 5.92 Å². The van der Waals surface area contributed by atoms with Crippen LogP contribution in [0.4, 0.5) is 0 Å². The van der Waals surface area contributed by atoms with Crippen LogP contribution in [0.3, 0.4) is 0 Å². The predicted molar refractivity (Wildman–Crippen MR) is 49.7 cm³/mol. The van der Waals surface area contributed by atoms with E-state index in [1.807, 2.05) is 0 Å². The largest absolute Gasteiger partial charge is 0.0776 e. The average molecular weight is 148 g/mol. The van der Waals surface area contributed by atoms with Crippen molar-refractivity contribution < 1.29 is 0 Å². The lowest BCUT2D eigenvalue weighted by Crippen LogP contribution is -1.89. The van der Waals surface area contributed by atoms with Gasteiger partial charge in [-0.1, -0.05) is 38.6 Å². The van der Waals surface area contributed by atoms with Crippen molar-refractivity contribution >= 4 is 0 Å². The molecule has 2 rings (SSSR count). The van der Waals surface area contributed by atoms with Crippen molar-refractivity contribution in [1.29, 1.82) is 0 Å². The Balaban J connectivity index is 0.000000605. The Morgan fingerprint density at radius 1 is 1.09 bits per heavy atom. The third-order valence-corrected chi connectivity index (χ3v) is 2.26. The second-order valence-corrected chi connectivity index (χ2v) is 3.28. The lowest BCUT2D eigenvalue weighted by Gasteiger charge is -1.93. The fourth-order valence-electron chi connectivity index (χ4n) is 1.78. The van der Waals surface area contributed by atoms with Gasteiger partial charge in [0.2, 0.25) is 0 Å². The topological polar surface area (TPSA) is 0 Å². The molecule has 60 valence electrons. The van der Waals surface area contributed by atoms with Crippen LogP contribution in [-0.4, -0.2) is 0 Å². The maximum atomic E-state index is 2.32. The number of hydrogen-bond donors (Lipinski definition) is 0. The summed E-state index contributed by atoms with van der Waals surface area (Å²) in [5, 5.41) is 0. The molecule has 0 nitrogen and oxygen atoms in total. The van der Waals surface area contributed by atoms with E-state index >= 15 is 0 Å². The summed E-state index contributed by atoms with van der Waals surface area (Å²) in [6, 6.07) is 8.77. The molecule has 1 aliphatic carbocycles. The van der Waals surface area contributed by atoms with Gasteiger partial charge in [0.25, 0.3) is 0 Å². The molecule has 1 aliphatic rings. The molecular formula is C11H16. The molecule has 0 spiro atoms. The van der Waals surface area contributed by atoms with Crippen molar-refractivity contribution in [2.75, 3.05) is 0 Å². The van der Waals surface area contributed by atoms with Gasteiger partial charge in [0, 0.05) is 0 Å². The van der Waals surface area contributed by atoms with Crippen LogP contribution in [0.15, 0.2) is 24.3 Å². The van der Waals surface area contributed by atoms with Gasteiger partial charge >= 0.3 is 0 Å². The van der Waals surface area contributed by atoms with Gasteiger partial charge in [-0.25, -0.2) is 0 Å². The molecule has 0 fully saturated rings. The van der Waals surface area contributed by atoms with Gasteiger partial charge in [0.05, 0.1) is 0 Å². The van der Waals surface area contributed by atoms with Crippen LogP contribution < -0.4 is 0 Å². The standard InChI is InChI=1S/C10H12.CH4/c1-8-6-9-4-2-3-5-10(9)7-8;/h2-5,8H,6-7H2,1H3;1H4. The highest BCUT2D eigenvalue weighted by atomic mass is 14.2. The Morgan fingerprint density at radius 3 is 2.00 bits per heavy atom. The Bertz CT molecular complexity index is 213. The van der Waals surface area contributed by atoms with Crippen molar-refractivity contribution in [2.24, 2.45) is 5.92 Å². The molecule has 0 heteroatoms. The quantitative estimate of drug-likeness (QED) is 0.530. The molecule has 0 amide bonds. The summed E-state index contributed by atoms with van der Waals surface area (Å²) in [5.41, 5.74) is 3.13. The number of fused-ring (bicyclic) bond motifs is 1. The van der Waals surface area contributed by atoms with Crippen LogP contribution in [-0.2, 0) is 12.8 Å². The second kappa shape index (κ2) is 3.08. The van der Waals surface area contributed by atoms with E-state index < -0.39 is 0 Å². The van der Waals surface area contributed by atoms with E-state index in [1.54, 1.807) is 11.1 Å². The van der Waals surface area contributed by atoms with Crippen molar-refractivity contribution in [3.05, 3.63) is 35.4 Å². The maximum Gasteiger partial charge on any atom is -0.0247 e. The fraction of sp³-hybridized carbons (Fsp3) is 0.455. The van der Waals surface area contributed by atoms with Crippen molar-refractivity contribution in [3.63, 3.8) is 0 Å². The van der Waals surface area contributed by atoms with E-state index in [4.69, 9.17) is 0 Å². The van der Waals surface area contributed by atoms with Gasteiger partial charge in [0.15, 0.2) is 0 Å². The maximum absolute atomic E-state index is 2.32. The first-order valence-electron chi connectivity index (χ1n) is 3.93. The molecule has 0 unspecified atom stereocenters. The summed E-state index contributed by atoms with van der Waals surface area (Å²) in [6.45, 7) is 2.32. The van der Waals surface area contributed by atoms with Crippen LogP contribution in [0.1, 0.15) is 25.5 Å². The molecular weight excluding hydrogens is 132 g/mol. The van der Waals surface area contributed by atoms with Gasteiger partial charge in [-0.3, -0.25) is 0 Å². The molecule has 0 saturated heterocycles. The second-order valence-electron chi connectivity index (χ2n) is 3.28. The Labute approximate surface area is 69.3 Å². The fourth-order valence-corrected chi connectivity index (χ4v) is 1.78. The minimum atomic E-state index is 0. The summed E-state index contributed by atoms with van der Waals surface area (Å²) in [6.07, 6.45) is 2.58. The molecule has 0 atom stereocenters. The first kappa shape index (κ1) is 8.32. The zero-order chi connectivity index (χ0) is 6.97. The summed E-state index contributed by atoms with van der Waals surface area (Å²) in [7, 11) is 0. The van der Waals surface area contributed by atoms with Gasteiger partial charge in [-0.2, -0.15) is 0 Å². The van der Waals surface area contributed by atoms with Crippen LogP contribution in [0.5, 0.6) is 0 Å². The SMILES string of the molecule is C.CC1Cc2ccccc2C1. The zero-order valence-electron chi connectivity index (χ0n) is 6.30. The Hall–Kier alpha value is -0.780. The minimum Gasteiger partial charge on any atom is -0.0776 e. The highest BCUT2D eigenvalue weighted by Gasteiger charge is 2.15. The molecule has 0 aliphatic heterocycles. The third-order valence-electron chi connectivity index (χ3n) is 2.26. The molecule has 0 heterocycles. The van der Waals surface area contributed by atoms with Crippen LogP contribution in [0, 0.1) is 5.92 Å². The van der Waals surface area contributed by atoms with E-state index in [-0.39, 0.29) is 7.43 Å². The van der Waals surface area contributed by atoms with Crippen molar-refractivity contribution in [2.45, 2.75) is 27.2 Å². The van der Waals surface area contributed by atoms with Crippen molar-refractivity contribution in [3.8, 4) is 0 Å². The average Bonchev–Trinajstić information content (AvgIpc) is 2.27. The van der Waals surface area contributed by atoms with E-state index in [9.17, 15) is 0 Å². The summed E-state index contributed by atoms with van der Waals surface area (Å²) >= 11 is 0. The number of hydrogen-bond acceptors (Lipinski definition) is 0. The van der Waals surface area contributed by atoms with E-state index in [1.165, 1.54) is 12.8 Å². The molecule has 11 heavy (non-hydrogen) atoms. The lowest BCUT2D eigenvalue weighted by molar-refractivity contribution is 0.628. The van der Waals surface area contributed by atoms with Crippen molar-refractivity contribution in [1.82, 2.24) is 0 Å². The van der Waals surface area contributed by atoms with Gasteiger partial charge in [0.1, 0.15) is 0 Å². The molecule has 0 radical (unpaired) electrons. The first-order chi connectivity index (χ1) is 4.86. The monoisotopic (exact) mass is 148 g/mol. The third kappa shape index (κ3) is 1.45. The molecule has 0 bridgehead atoms. The van der Waals surface area contributed by atoms with Gasteiger partial charge in [-0.15, -0.1) is 0 Å². The first-order valence-corrected chi connectivity index (χ1v) is 3.93. The predicted octanol–water partition coefficient (Wildman–Crippen LogP) is 3.06. The van der Waals surface area contributed by atoms with Crippen LogP contribution in [0.2, 0.25) is 0 Å².